The van der Waals surface area contributed by atoms with E-state index in [0.29, 0.717) is 5.92 Å². The first-order valence-electron chi connectivity index (χ1n) is 6.80. The van der Waals surface area contributed by atoms with Crippen molar-refractivity contribution in [3.05, 3.63) is 11.4 Å². The average Bonchev–Trinajstić information content (AvgIpc) is 3.23. The lowest BCUT2D eigenvalue weighted by molar-refractivity contribution is 0.105. The molecule has 1 atom stereocenters. The van der Waals surface area contributed by atoms with E-state index in [0.717, 1.165) is 42.4 Å². The number of hydrogen-bond acceptors (Lipinski definition) is 6. The Kier molecular flexibility index (Phi) is 4.55. The average molecular weight is 266 g/mol. The van der Waals surface area contributed by atoms with Crippen LogP contribution in [0.1, 0.15) is 37.1 Å². The molecule has 6 heteroatoms. The molecule has 106 valence electrons. The van der Waals surface area contributed by atoms with Gasteiger partial charge in [-0.1, -0.05) is 0 Å². The lowest BCUT2D eigenvalue weighted by Gasteiger charge is -2.15. The second-order valence-electron chi connectivity index (χ2n) is 4.93. The fraction of sp³-hybridized carbons (Fsp3) is 0.692. The van der Waals surface area contributed by atoms with Gasteiger partial charge in [-0.15, -0.1) is 0 Å². The quantitative estimate of drug-likeness (QED) is 0.585. The normalized spacial score (nSPS) is 16.2. The van der Waals surface area contributed by atoms with Crippen molar-refractivity contribution in [1.82, 2.24) is 9.97 Å². The zero-order valence-corrected chi connectivity index (χ0v) is 11.5. The summed E-state index contributed by atoms with van der Waals surface area (Å²) < 4.78 is 0. The molecule has 1 aromatic rings. The molecule has 6 nitrogen and oxygen atoms in total. The van der Waals surface area contributed by atoms with Crippen molar-refractivity contribution in [2.24, 2.45) is 0 Å². The summed E-state index contributed by atoms with van der Waals surface area (Å²) in [6.07, 6.45) is 1.52. The molecule has 1 unspecified atom stereocenters. The Balaban J connectivity index is 2.19. The number of aliphatic hydroxyl groups excluding tert-OH is 2. The highest BCUT2D eigenvalue weighted by Crippen LogP contribution is 2.39. The first kappa shape index (κ1) is 14.0. The molecular weight excluding hydrogens is 244 g/mol. The van der Waals surface area contributed by atoms with Gasteiger partial charge in [-0.3, -0.25) is 0 Å². The largest absolute Gasteiger partial charge is 0.394 e. The molecule has 2 rings (SSSR count). The third-order valence-corrected chi connectivity index (χ3v) is 3.17. The summed E-state index contributed by atoms with van der Waals surface area (Å²) in [7, 11) is 0. The van der Waals surface area contributed by atoms with Crippen molar-refractivity contribution >= 4 is 11.6 Å². The third-order valence-electron chi connectivity index (χ3n) is 3.17. The molecule has 0 aliphatic heterocycles. The standard InChI is InChI=1S/C13H22N4O2/c1-3-14-11-8(2)12(15-6-10(19)7-18)17-13(16-11)9-4-5-9/h9-10,18-19H,3-7H2,1-2H3,(H2,14,15,16,17). The van der Waals surface area contributed by atoms with Crippen molar-refractivity contribution in [3.8, 4) is 0 Å². The van der Waals surface area contributed by atoms with Crippen molar-refractivity contribution in [2.75, 3.05) is 30.3 Å². The minimum atomic E-state index is -0.777. The zero-order valence-electron chi connectivity index (χ0n) is 11.5. The predicted octanol–water partition coefficient (Wildman–Crippen LogP) is 0.859. The molecule has 0 bridgehead atoms. The first-order chi connectivity index (χ1) is 9.15. The van der Waals surface area contributed by atoms with Crippen LogP contribution in [0.3, 0.4) is 0 Å². The van der Waals surface area contributed by atoms with Gasteiger partial charge in [0.25, 0.3) is 0 Å². The van der Waals surface area contributed by atoms with Gasteiger partial charge in [-0.25, -0.2) is 9.97 Å². The minimum absolute atomic E-state index is 0.257. The number of aliphatic hydroxyl groups is 2. The SMILES string of the molecule is CCNc1nc(C2CC2)nc(NCC(O)CO)c1C. The van der Waals surface area contributed by atoms with Gasteiger partial charge in [0.05, 0.1) is 12.7 Å². The number of rotatable bonds is 7. The van der Waals surface area contributed by atoms with Gasteiger partial charge in [0, 0.05) is 24.6 Å². The Hall–Kier alpha value is -1.40. The van der Waals surface area contributed by atoms with E-state index in [-0.39, 0.29) is 13.2 Å². The summed E-state index contributed by atoms with van der Waals surface area (Å²) in [4.78, 5) is 9.09. The van der Waals surface area contributed by atoms with Crippen LogP contribution in [0.5, 0.6) is 0 Å². The monoisotopic (exact) mass is 266 g/mol. The molecule has 0 aromatic carbocycles. The van der Waals surface area contributed by atoms with Crippen molar-refractivity contribution in [2.45, 2.75) is 38.7 Å². The van der Waals surface area contributed by atoms with Crippen LogP contribution in [0, 0.1) is 6.92 Å². The van der Waals surface area contributed by atoms with Gasteiger partial charge in [0.2, 0.25) is 0 Å². The molecule has 1 aliphatic carbocycles. The highest BCUT2D eigenvalue weighted by Gasteiger charge is 2.28. The van der Waals surface area contributed by atoms with Crippen LogP contribution in [0.25, 0.3) is 0 Å². The van der Waals surface area contributed by atoms with E-state index < -0.39 is 6.10 Å². The Bertz CT molecular complexity index is 435. The van der Waals surface area contributed by atoms with Crippen LogP contribution >= 0.6 is 0 Å². The maximum atomic E-state index is 9.40. The van der Waals surface area contributed by atoms with Crippen molar-refractivity contribution in [3.63, 3.8) is 0 Å². The smallest absolute Gasteiger partial charge is 0.136 e. The number of nitrogens with one attached hydrogen (secondary N) is 2. The van der Waals surface area contributed by atoms with E-state index in [9.17, 15) is 5.11 Å². The van der Waals surface area contributed by atoms with E-state index in [1.807, 2.05) is 13.8 Å². The maximum Gasteiger partial charge on any atom is 0.136 e. The molecule has 0 saturated heterocycles. The Morgan fingerprint density at radius 3 is 2.42 bits per heavy atom. The molecular formula is C13H22N4O2. The lowest BCUT2D eigenvalue weighted by Crippen LogP contribution is -2.24. The summed E-state index contributed by atoms with van der Waals surface area (Å²) in [5, 5.41) is 24.6. The highest BCUT2D eigenvalue weighted by molar-refractivity contribution is 5.57. The summed E-state index contributed by atoms with van der Waals surface area (Å²) in [5.41, 5.74) is 0.941. The highest BCUT2D eigenvalue weighted by atomic mass is 16.3. The molecule has 1 aliphatic rings. The summed E-state index contributed by atoms with van der Waals surface area (Å²) >= 11 is 0. The topological polar surface area (TPSA) is 90.3 Å². The molecule has 1 fully saturated rings. The Morgan fingerprint density at radius 1 is 1.26 bits per heavy atom. The zero-order chi connectivity index (χ0) is 13.8. The van der Waals surface area contributed by atoms with Crippen LogP contribution in [-0.4, -0.2) is 46.0 Å². The third kappa shape index (κ3) is 3.54. The van der Waals surface area contributed by atoms with Crippen LogP contribution in [0.15, 0.2) is 0 Å². The second-order valence-corrected chi connectivity index (χ2v) is 4.93. The summed E-state index contributed by atoms with van der Waals surface area (Å²) in [5.74, 6) is 2.92. The van der Waals surface area contributed by atoms with Gasteiger partial charge in [-0.2, -0.15) is 0 Å². The van der Waals surface area contributed by atoms with Gasteiger partial charge in [-0.05, 0) is 26.7 Å². The molecule has 1 aromatic heterocycles. The number of nitrogens with zero attached hydrogens (tertiary/aromatic N) is 2. The molecule has 1 heterocycles. The second kappa shape index (κ2) is 6.16. The van der Waals surface area contributed by atoms with Gasteiger partial charge in [0.15, 0.2) is 0 Å². The summed E-state index contributed by atoms with van der Waals surface area (Å²) in [6, 6.07) is 0. The fourth-order valence-corrected chi connectivity index (χ4v) is 1.85. The van der Waals surface area contributed by atoms with E-state index in [2.05, 4.69) is 20.6 Å². The predicted molar refractivity (Wildman–Crippen MR) is 74.5 cm³/mol. The van der Waals surface area contributed by atoms with Crippen LogP contribution in [0.2, 0.25) is 0 Å². The molecule has 0 amide bonds. The lowest BCUT2D eigenvalue weighted by atomic mass is 10.2. The van der Waals surface area contributed by atoms with Gasteiger partial charge in [0.1, 0.15) is 17.5 Å². The number of hydrogen-bond donors (Lipinski definition) is 4. The number of aromatic nitrogens is 2. The van der Waals surface area contributed by atoms with Crippen molar-refractivity contribution < 1.29 is 10.2 Å². The van der Waals surface area contributed by atoms with E-state index in [1.54, 1.807) is 0 Å². The molecule has 0 radical (unpaired) electrons. The minimum Gasteiger partial charge on any atom is -0.394 e. The van der Waals surface area contributed by atoms with Crippen LogP contribution in [0.4, 0.5) is 11.6 Å². The molecule has 1 saturated carbocycles. The van der Waals surface area contributed by atoms with Crippen LogP contribution < -0.4 is 10.6 Å². The number of anilines is 2. The first-order valence-corrected chi connectivity index (χ1v) is 6.80. The molecule has 0 spiro atoms. The molecule has 19 heavy (non-hydrogen) atoms. The Morgan fingerprint density at radius 2 is 1.89 bits per heavy atom. The van der Waals surface area contributed by atoms with Gasteiger partial charge >= 0.3 is 0 Å². The van der Waals surface area contributed by atoms with Crippen molar-refractivity contribution in [1.29, 1.82) is 0 Å². The van der Waals surface area contributed by atoms with E-state index >= 15 is 0 Å². The maximum absolute atomic E-state index is 9.40. The fourth-order valence-electron chi connectivity index (χ4n) is 1.85. The van der Waals surface area contributed by atoms with E-state index in [4.69, 9.17) is 5.11 Å². The summed E-state index contributed by atoms with van der Waals surface area (Å²) in [6.45, 7) is 4.81. The van der Waals surface area contributed by atoms with Gasteiger partial charge < -0.3 is 20.8 Å². The van der Waals surface area contributed by atoms with Crippen LogP contribution in [-0.2, 0) is 0 Å². The Labute approximate surface area is 113 Å². The van der Waals surface area contributed by atoms with E-state index in [1.165, 1.54) is 0 Å². The molecule has 4 N–H and O–H groups in total.